The van der Waals surface area contributed by atoms with E-state index in [4.69, 9.17) is 10.4 Å². The van der Waals surface area contributed by atoms with Gasteiger partial charge in [-0.15, -0.1) is 0 Å². The highest BCUT2D eigenvalue weighted by Gasteiger charge is 2.17. The second kappa shape index (κ2) is 5.05. The van der Waals surface area contributed by atoms with Crippen LogP contribution < -0.4 is 11.1 Å². The standard InChI is InChI=1S/C13H19N5O/c1-18-6-2-3-9(8-18)7-15-11-5-4-10(14)12-13(11)17-19-16-12/h4-5,9,15H,2-3,6-8,14H2,1H3. The largest absolute Gasteiger partial charge is 0.397 e. The number of nitrogens with one attached hydrogen (secondary N) is 1. The number of anilines is 2. The van der Waals surface area contributed by atoms with E-state index in [0.717, 1.165) is 18.8 Å². The molecule has 2 aromatic rings. The number of rotatable bonds is 3. The fourth-order valence-corrected chi connectivity index (χ4v) is 2.72. The van der Waals surface area contributed by atoms with E-state index in [1.807, 2.05) is 12.1 Å². The van der Waals surface area contributed by atoms with Crippen LogP contribution in [-0.2, 0) is 0 Å². The Balaban J connectivity index is 1.71. The van der Waals surface area contributed by atoms with Crippen LogP contribution in [0.15, 0.2) is 16.8 Å². The Hall–Kier alpha value is -1.82. The summed E-state index contributed by atoms with van der Waals surface area (Å²) in [4.78, 5) is 2.38. The lowest BCUT2D eigenvalue weighted by atomic mass is 9.98. The Kier molecular flexibility index (Phi) is 3.25. The zero-order valence-corrected chi connectivity index (χ0v) is 11.1. The molecule has 6 heteroatoms. The summed E-state index contributed by atoms with van der Waals surface area (Å²) >= 11 is 0. The van der Waals surface area contributed by atoms with Gasteiger partial charge in [-0.1, -0.05) is 0 Å². The van der Waals surface area contributed by atoms with Crippen LogP contribution in [0.3, 0.4) is 0 Å². The van der Waals surface area contributed by atoms with Crippen molar-refractivity contribution in [3.8, 4) is 0 Å². The SMILES string of the molecule is CN1CCCC(CNc2ccc(N)c3nonc23)C1. The summed E-state index contributed by atoms with van der Waals surface area (Å²) in [6, 6.07) is 3.77. The van der Waals surface area contributed by atoms with E-state index in [1.54, 1.807) is 0 Å². The third-order valence-corrected chi connectivity index (χ3v) is 3.75. The number of hydrogen-bond donors (Lipinski definition) is 2. The van der Waals surface area contributed by atoms with Gasteiger partial charge in [0.1, 0.15) is 0 Å². The van der Waals surface area contributed by atoms with Crippen molar-refractivity contribution in [2.24, 2.45) is 5.92 Å². The smallest absolute Gasteiger partial charge is 0.160 e. The average molecular weight is 261 g/mol. The van der Waals surface area contributed by atoms with E-state index in [-0.39, 0.29) is 0 Å². The van der Waals surface area contributed by atoms with Gasteiger partial charge in [0.05, 0.1) is 11.4 Å². The Morgan fingerprint density at radius 2 is 2.26 bits per heavy atom. The van der Waals surface area contributed by atoms with E-state index in [0.29, 0.717) is 22.6 Å². The number of fused-ring (bicyclic) bond motifs is 1. The van der Waals surface area contributed by atoms with Gasteiger partial charge in [-0.2, -0.15) is 0 Å². The zero-order valence-electron chi connectivity index (χ0n) is 11.1. The first-order valence-corrected chi connectivity index (χ1v) is 6.67. The van der Waals surface area contributed by atoms with Crippen molar-refractivity contribution in [3.63, 3.8) is 0 Å². The van der Waals surface area contributed by atoms with Gasteiger partial charge in [0.2, 0.25) is 0 Å². The summed E-state index contributed by atoms with van der Waals surface area (Å²) in [6.45, 7) is 3.29. The molecule has 19 heavy (non-hydrogen) atoms. The van der Waals surface area contributed by atoms with Crippen LogP contribution in [0, 0.1) is 5.92 Å². The molecule has 6 nitrogen and oxygen atoms in total. The van der Waals surface area contributed by atoms with Crippen LogP contribution in [0.5, 0.6) is 0 Å². The summed E-state index contributed by atoms with van der Waals surface area (Å²) in [5.41, 5.74) is 8.71. The summed E-state index contributed by atoms with van der Waals surface area (Å²) in [7, 11) is 2.18. The van der Waals surface area contributed by atoms with Crippen LogP contribution in [0.4, 0.5) is 11.4 Å². The molecule has 1 aliphatic rings. The summed E-state index contributed by atoms with van der Waals surface area (Å²) < 4.78 is 4.77. The van der Waals surface area contributed by atoms with Gasteiger partial charge in [-0.3, -0.25) is 0 Å². The number of likely N-dealkylation sites (tertiary alicyclic amines) is 1. The van der Waals surface area contributed by atoms with E-state index >= 15 is 0 Å². The molecule has 2 heterocycles. The molecule has 1 aromatic carbocycles. The maximum Gasteiger partial charge on any atom is 0.160 e. The molecule has 102 valence electrons. The molecule has 3 N–H and O–H groups in total. The second-order valence-electron chi connectivity index (χ2n) is 5.32. The van der Waals surface area contributed by atoms with Gasteiger partial charge in [0, 0.05) is 13.1 Å². The Morgan fingerprint density at radius 1 is 1.42 bits per heavy atom. The number of piperidine rings is 1. The van der Waals surface area contributed by atoms with Crippen molar-refractivity contribution in [1.29, 1.82) is 0 Å². The maximum absolute atomic E-state index is 5.83. The molecule has 0 bridgehead atoms. The molecular formula is C13H19N5O. The van der Waals surface area contributed by atoms with Crippen LogP contribution in [0.2, 0.25) is 0 Å². The van der Waals surface area contributed by atoms with Crippen molar-refractivity contribution in [2.75, 3.05) is 37.7 Å². The van der Waals surface area contributed by atoms with Gasteiger partial charge >= 0.3 is 0 Å². The fraction of sp³-hybridized carbons (Fsp3) is 0.538. The van der Waals surface area contributed by atoms with Crippen molar-refractivity contribution in [3.05, 3.63) is 12.1 Å². The number of hydrogen-bond acceptors (Lipinski definition) is 6. The van der Waals surface area contributed by atoms with Crippen molar-refractivity contribution in [1.82, 2.24) is 15.2 Å². The van der Waals surface area contributed by atoms with Gasteiger partial charge in [0.25, 0.3) is 0 Å². The first-order chi connectivity index (χ1) is 9.24. The molecule has 0 aliphatic carbocycles. The first kappa shape index (κ1) is 12.2. The van der Waals surface area contributed by atoms with Crippen molar-refractivity contribution >= 4 is 22.4 Å². The molecule has 0 radical (unpaired) electrons. The van der Waals surface area contributed by atoms with Crippen LogP contribution in [0.1, 0.15) is 12.8 Å². The molecule has 1 aromatic heterocycles. The molecule has 0 saturated carbocycles. The lowest BCUT2D eigenvalue weighted by Crippen LogP contribution is -2.35. The highest BCUT2D eigenvalue weighted by molar-refractivity contribution is 5.94. The van der Waals surface area contributed by atoms with Crippen LogP contribution >= 0.6 is 0 Å². The number of nitrogens with two attached hydrogens (primary N) is 1. The third-order valence-electron chi connectivity index (χ3n) is 3.75. The minimum Gasteiger partial charge on any atom is -0.397 e. The van der Waals surface area contributed by atoms with Gasteiger partial charge in [-0.05, 0) is 54.8 Å². The van der Waals surface area contributed by atoms with E-state index in [2.05, 4.69) is 27.6 Å². The average Bonchev–Trinajstić information content (AvgIpc) is 2.88. The molecule has 1 unspecified atom stereocenters. The molecule has 0 amide bonds. The molecule has 0 spiro atoms. The van der Waals surface area contributed by atoms with Crippen molar-refractivity contribution < 1.29 is 4.63 Å². The zero-order chi connectivity index (χ0) is 13.2. The van der Waals surface area contributed by atoms with E-state index < -0.39 is 0 Å². The molecule has 1 aliphatic heterocycles. The molecule has 1 fully saturated rings. The van der Waals surface area contributed by atoms with Gasteiger partial charge in [0.15, 0.2) is 11.0 Å². The third kappa shape index (κ3) is 2.49. The molecular weight excluding hydrogens is 242 g/mol. The second-order valence-corrected chi connectivity index (χ2v) is 5.32. The molecule has 3 rings (SSSR count). The minimum atomic E-state index is 0.596. The monoisotopic (exact) mass is 261 g/mol. The number of aromatic nitrogens is 2. The normalized spacial score (nSPS) is 20.8. The van der Waals surface area contributed by atoms with Crippen molar-refractivity contribution in [2.45, 2.75) is 12.8 Å². The Morgan fingerprint density at radius 3 is 3.11 bits per heavy atom. The highest BCUT2D eigenvalue weighted by Crippen LogP contribution is 2.26. The molecule has 1 atom stereocenters. The molecule has 1 saturated heterocycles. The lowest BCUT2D eigenvalue weighted by Gasteiger charge is -2.29. The van der Waals surface area contributed by atoms with Crippen LogP contribution in [0.25, 0.3) is 11.0 Å². The maximum atomic E-state index is 5.83. The Bertz CT molecular complexity index is 567. The van der Waals surface area contributed by atoms with E-state index in [1.165, 1.54) is 19.4 Å². The predicted octanol–water partition coefficient (Wildman–Crippen LogP) is 1.56. The number of nitrogen functional groups attached to an aromatic ring is 1. The van der Waals surface area contributed by atoms with Gasteiger partial charge < -0.3 is 16.0 Å². The predicted molar refractivity (Wildman–Crippen MR) is 74.9 cm³/mol. The number of benzene rings is 1. The first-order valence-electron chi connectivity index (χ1n) is 6.67. The fourth-order valence-electron chi connectivity index (χ4n) is 2.72. The minimum absolute atomic E-state index is 0.596. The van der Waals surface area contributed by atoms with Crippen LogP contribution in [-0.4, -0.2) is 41.9 Å². The lowest BCUT2D eigenvalue weighted by molar-refractivity contribution is 0.217. The summed E-state index contributed by atoms with van der Waals surface area (Å²) in [6.07, 6.45) is 2.54. The number of nitrogens with zero attached hydrogens (tertiary/aromatic N) is 3. The Labute approximate surface area is 111 Å². The summed E-state index contributed by atoms with van der Waals surface area (Å²) in [5, 5.41) is 11.2. The topological polar surface area (TPSA) is 80.2 Å². The van der Waals surface area contributed by atoms with E-state index in [9.17, 15) is 0 Å². The van der Waals surface area contributed by atoms with Gasteiger partial charge in [-0.25, -0.2) is 4.63 Å². The quantitative estimate of drug-likeness (QED) is 0.816. The summed E-state index contributed by atoms with van der Waals surface area (Å²) in [5.74, 6) is 0.672. The highest BCUT2D eigenvalue weighted by atomic mass is 16.6.